The molecule has 2 rings (SSSR count). The molecule has 0 atom stereocenters. The van der Waals surface area contributed by atoms with Crippen molar-refractivity contribution in [3.05, 3.63) is 0 Å². The monoisotopic (exact) mass is 366 g/mol. The van der Waals surface area contributed by atoms with Crippen LogP contribution in [-0.2, 0) is 9.53 Å². The minimum Gasteiger partial charge on any atom is -0.466 e. The van der Waals surface area contributed by atoms with Gasteiger partial charge < -0.3 is 19.9 Å². The largest absolute Gasteiger partial charge is 0.466 e. The van der Waals surface area contributed by atoms with Crippen LogP contribution in [0.5, 0.6) is 0 Å². The van der Waals surface area contributed by atoms with E-state index in [-0.39, 0.29) is 11.9 Å². The zero-order valence-corrected chi connectivity index (χ0v) is 17.0. The van der Waals surface area contributed by atoms with Crippen molar-refractivity contribution in [2.45, 2.75) is 52.9 Å². The summed E-state index contributed by atoms with van der Waals surface area (Å²) in [6, 6.07) is 0. The first-order chi connectivity index (χ1) is 12.6. The van der Waals surface area contributed by atoms with Crippen LogP contribution in [0, 0.1) is 11.8 Å². The van der Waals surface area contributed by atoms with Gasteiger partial charge in [0, 0.05) is 26.2 Å². The summed E-state index contributed by atoms with van der Waals surface area (Å²) in [4.78, 5) is 21.6. The third-order valence-corrected chi connectivity index (χ3v) is 5.52. The Balaban J connectivity index is 1.73. The van der Waals surface area contributed by atoms with Crippen molar-refractivity contribution in [1.82, 2.24) is 15.1 Å². The Morgan fingerprint density at radius 2 is 1.81 bits per heavy atom. The molecular weight excluding hydrogens is 328 g/mol. The molecule has 0 aliphatic carbocycles. The van der Waals surface area contributed by atoms with Gasteiger partial charge in [-0.1, -0.05) is 6.92 Å². The van der Waals surface area contributed by atoms with Crippen LogP contribution in [0.2, 0.25) is 0 Å². The second-order valence-electron chi connectivity index (χ2n) is 7.63. The lowest BCUT2D eigenvalue weighted by Crippen LogP contribution is -2.46. The number of nitrogens with zero attached hydrogens (tertiary/aromatic N) is 3. The van der Waals surface area contributed by atoms with Gasteiger partial charge >= 0.3 is 5.97 Å². The van der Waals surface area contributed by atoms with Crippen LogP contribution >= 0.6 is 0 Å². The number of hydrogen-bond acceptors (Lipinski definition) is 4. The minimum absolute atomic E-state index is 0.0371. The van der Waals surface area contributed by atoms with E-state index in [0.717, 1.165) is 63.9 Å². The first kappa shape index (κ1) is 21.0. The second kappa shape index (κ2) is 11.4. The van der Waals surface area contributed by atoms with Gasteiger partial charge in [0.1, 0.15) is 0 Å². The molecular formula is C20H38N4O2. The Hall–Kier alpha value is -1.30. The summed E-state index contributed by atoms with van der Waals surface area (Å²) < 4.78 is 5.16. The predicted octanol–water partition coefficient (Wildman–Crippen LogP) is 2.35. The lowest BCUT2D eigenvalue weighted by atomic mass is 9.97. The van der Waals surface area contributed by atoms with E-state index in [2.05, 4.69) is 29.0 Å². The summed E-state index contributed by atoms with van der Waals surface area (Å²) >= 11 is 0. The van der Waals surface area contributed by atoms with Crippen molar-refractivity contribution in [3.8, 4) is 0 Å². The van der Waals surface area contributed by atoms with E-state index in [0.29, 0.717) is 6.61 Å². The maximum absolute atomic E-state index is 11.9. The quantitative estimate of drug-likeness (QED) is 0.324. The number of guanidine groups is 1. The number of carbonyl (C=O) groups is 1. The number of carbonyl (C=O) groups excluding carboxylic acids is 1. The number of piperidine rings is 2. The van der Waals surface area contributed by atoms with Gasteiger partial charge in [-0.25, -0.2) is 0 Å². The Labute approximate surface area is 159 Å². The molecule has 0 radical (unpaired) electrons. The van der Waals surface area contributed by atoms with Crippen LogP contribution in [0.1, 0.15) is 52.9 Å². The third kappa shape index (κ3) is 6.78. The van der Waals surface area contributed by atoms with Crippen molar-refractivity contribution >= 4 is 11.9 Å². The van der Waals surface area contributed by atoms with Crippen LogP contribution in [0.4, 0.5) is 0 Å². The van der Waals surface area contributed by atoms with Gasteiger partial charge in [-0.05, 0) is 71.5 Å². The van der Waals surface area contributed by atoms with Crippen molar-refractivity contribution in [1.29, 1.82) is 0 Å². The molecule has 150 valence electrons. The van der Waals surface area contributed by atoms with E-state index < -0.39 is 0 Å². The SMILES string of the molecule is CCNC(=NCCCN1CCC(C)CC1)N1CCC(C(=O)OCC)CC1. The summed E-state index contributed by atoms with van der Waals surface area (Å²) in [5.41, 5.74) is 0. The fourth-order valence-electron chi connectivity index (χ4n) is 3.78. The van der Waals surface area contributed by atoms with Gasteiger partial charge in [0.15, 0.2) is 5.96 Å². The molecule has 0 bridgehead atoms. The molecule has 26 heavy (non-hydrogen) atoms. The van der Waals surface area contributed by atoms with E-state index >= 15 is 0 Å². The van der Waals surface area contributed by atoms with Crippen LogP contribution in [0.25, 0.3) is 0 Å². The highest BCUT2D eigenvalue weighted by atomic mass is 16.5. The van der Waals surface area contributed by atoms with Gasteiger partial charge in [-0.15, -0.1) is 0 Å². The highest BCUT2D eigenvalue weighted by Crippen LogP contribution is 2.19. The fourth-order valence-corrected chi connectivity index (χ4v) is 3.78. The zero-order chi connectivity index (χ0) is 18.8. The molecule has 0 aromatic heterocycles. The second-order valence-corrected chi connectivity index (χ2v) is 7.63. The molecule has 2 fully saturated rings. The van der Waals surface area contributed by atoms with Crippen LogP contribution in [0.15, 0.2) is 4.99 Å². The molecule has 6 heteroatoms. The molecule has 0 aromatic carbocycles. The average molecular weight is 367 g/mol. The van der Waals surface area contributed by atoms with E-state index in [4.69, 9.17) is 9.73 Å². The van der Waals surface area contributed by atoms with Gasteiger partial charge in [0.25, 0.3) is 0 Å². The van der Waals surface area contributed by atoms with Gasteiger partial charge in [0.2, 0.25) is 0 Å². The van der Waals surface area contributed by atoms with E-state index in [1.165, 1.54) is 25.9 Å². The summed E-state index contributed by atoms with van der Waals surface area (Å²) in [7, 11) is 0. The summed E-state index contributed by atoms with van der Waals surface area (Å²) in [6.45, 7) is 13.9. The van der Waals surface area contributed by atoms with Gasteiger partial charge in [0.05, 0.1) is 12.5 Å². The van der Waals surface area contributed by atoms with E-state index in [1.807, 2.05) is 6.92 Å². The lowest BCUT2D eigenvalue weighted by Gasteiger charge is -2.33. The number of likely N-dealkylation sites (tertiary alicyclic amines) is 2. The van der Waals surface area contributed by atoms with Gasteiger partial charge in [-0.3, -0.25) is 9.79 Å². The highest BCUT2D eigenvalue weighted by Gasteiger charge is 2.27. The molecule has 0 aromatic rings. The molecule has 1 N–H and O–H groups in total. The topological polar surface area (TPSA) is 57.2 Å². The fraction of sp³-hybridized carbons (Fsp3) is 0.900. The summed E-state index contributed by atoms with van der Waals surface area (Å²) in [6.07, 6.45) is 5.50. The molecule has 0 saturated carbocycles. The summed E-state index contributed by atoms with van der Waals surface area (Å²) in [5, 5.41) is 3.41. The van der Waals surface area contributed by atoms with E-state index in [1.54, 1.807) is 0 Å². The molecule has 0 spiro atoms. The Kier molecular flexibility index (Phi) is 9.23. The zero-order valence-electron chi connectivity index (χ0n) is 17.0. The number of rotatable bonds is 7. The van der Waals surface area contributed by atoms with Gasteiger partial charge in [-0.2, -0.15) is 0 Å². The number of hydrogen-bond donors (Lipinski definition) is 1. The normalized spacial score (nSPS) is 21.0. The molecule has 2 aliphatic rings. The number of esters is 1. The Bertz CT molecular complexity index is 439. The molecule has 6 nitrogen and oxygen atoms in total. The lowest BCUT2D eigenvalue weighted by molar-refractivity contribution is -0.149. The third-order valence-electron chi connectivity index (χ3n) is 5.52. The first-order valence-electron chi connectivity index (χ1n) is 10.6. The molecule has 2 heterocycles. The van der Waals surface area contributed by atoms with Crippen LogP contribution in [0.3, 0.4) is 0 Å². The number of aliphatic imine (C=N–C) groups is 1. The highest BCUT2D eigenvalue weighted by molar-refractivity contribution is 5.80. The standard InChI is InChI=1S/C20H38N4O2/c1-4-21-20(22-11-6-12-23-13-7-17(3)8-14-23)24-15-9-18(10-16-24)19(25)26-5-2/h17-18H,4-16H2,1-3H3,(H,21,22). The van der Waals surface area contributed by atoms with Crippen molar-refractivity contribution < 1.29 is 9.53 Å². The van der Waals surface area contributed by atoms with Crippen molar-refractivity contribution in [2.75, 3.05) is 52.4 Å². The van der Waals surface area contributed by atoms with Crippen molar-refractivity contribution in [2.24, 2.45) is 16.8 Å². The smallest absolute Gasteiger partial charge is 0.309 e. The minimum atomic E-state index is -0.0371. The molecule has 0 unspecified atom stereocenters. The van der Waals surface area contributed by atoms with Crippen LogP contribution in [-0.4, -0.2) is 74.1 Å². The molecule has 2 aliphatic heterocycles. The average Bonchev–Trinajstić information content (AvgIpc) is 2.66. The molecule has 2 saturated heterocycles. The Morgan fingerprint density at radius 1 is 1.12 bits per heavy atom. The van der Waals surface area contributed by atoms with E-state index in [9.17, 15) is 4.79 Å². The maximum atomic E-state index is 11.9. The number of nitrogens with one attached hydrogen (secondary N) is 1. The number of ether oxygens (including phenoxy) is 1. The van der Waals surface area contributed by atoms with Crippen LogP contribution < -0.4 is 5.32 Å². The summed E-state index contributed by atoms with van der Waals surface area (Å²) in [5.74, 6) is 1.91. The maximum Gasteiger partial charge on any atom is 0.309 e. The van der Waals surface area contributed by atoms with Crippen molar-refractivity contribution in [3.63, 3.8) is 0 Å². The first-order valence-corrected chi connectivity index (χ1v) is 10.6. The molecule has 0 amide bonds. The Morgan fingerprint density at radius 3 is 2.42 bits per heavy atom. The predicted molar refractivity (Wildman–Crippen MR) is 106 cm³/mol.